The van der Waals surface area contributed by atoms with Gasteiger partial charge in [0.1, 0.15) is 11.6 Å². The number of anilines is 1. The van der Waals surface area contributed by atoms with Crippen molar-refractivity contribution in [3.63, 3.8) is 0 Å². The molecule has 2 aromatic heterocycles. The van der Waals surface area contributed by atoms with Crippen LogP contribution in [-0.4, -0.2) is 33.8 Å². The Morgan fingerprint density at radius 1 is 1.12 bits per heavy atom. The molecule has 1 atom stereocenters. The van der Waals surface area contributed by atoms with Crippen LogP contribution in [0.5, 0.6) is 0 Å². The number of halogens is 1. The van der Waals surface area contributed by atoms with Crippen LogP contribution < -0.4 is 5.32 Å². The van der Waals surface area contributed by atoms with E-state index in [1.165, 1.54) is 22.4 Å². The molecule has 3 aromatic rings. The molecule has 1 aliphatic rings. The van der Waals surface area contributed by atoms with E-state index in [1.54, 1.807) is 0 Å². The van der Waals surface area contributed by atoms with Gasteiger partial charge in [-0.3, -0.25) is 0 Å². The van der Waals surface area contributed by atoms with Crippen LogP contribution in [0.4, 0.5) is 5.82 Å². The van der Waals surface area contributed by atoms with Gasteiger partial charge < -0.3 is 14.6 Å². The van der Waals surface area contributed by atoms with Crippen LogP contribution in [-0.2, 0) is 4.74 Å². The molecule has 3 heterocycles. The first-order valence-corrected chi connectivity index (χ1v) is 9.71. The van der Waals surface area contributed by atoms with Crippen LogP contribution >= 0.6 is 15.9 Å². The fourth-order valence-corrected chi connectivity index (χ4v) is 4.50. The fraction of sp³-hybridized carbons (Fsp3) is 0.400. The molecule has 1 N–H and O–H groups in total. The number of aryl methyl sites for hydroxylation is 4. The van der Waals surface area contributed by atoms with E-state index in [0.717, 1.165) is 46.8 Å². The zero-order valence-electron chi connectivity index (χ0n) is 15.6. The first-order chi connectivity index (χ1) is 12.4. The molecule has 6 heteroatoms. The Morgan fingerprint density at radius 3 is 2.50 bits per heavy atom. The van der Waals surface area contributed by atoms with Gasteiger partial charge in [-0.1, -0.05) is 15.9 Å². The van der Waals surface area contributed by atoms with Crippen LogP contribution in [0, 0.1) is 27.7 Å². The van der Waals surface area contributed by atoms with E-state index in [-0.39, 0.29) is 0 Å². The minimum Gasteiger partial charge on any atom is -0.379 e. The van der Waals surface area contributed by atoms with Crippen molar-refractivity contribution in [2.24, 2.45) is 0 Å². The number of nitrogens with one attached hydrogen (secondary N) is 1. The number of hydrogen-bond donors (Lipinski definition) is 1. The molecule has 1 aliphatic heterocycles. The summed E-state index contributed by atoms with van der Waals surface area (Å²) in [6.07, 6.45) is 3.17. The highest BCUT2D eigenvalue weighted by Gasteiger charge is 2.21. The first-order valence-electron chi connectivity index (χ1n) is 8.91. The summed E-state index contributed by atoms with van der Waals surface area (Å²) in [7, 11) is 0. The highest BCUT2D eigenvalue weighted by Crippen LogP contribution is 2.32. The van der Waals surface area contributed by atoms with Gasteiger partial charge in [0.25, 0.3) is 0 Å². The summed E-state index contributed by atoms with van der Waals surface area (Å²) in [4.78, 5) is 9.47. The third-order valence-corrected chi connectivity index (χ3v) is 5.37. The molecule has 0 saturated carbocycles. The van der Waals surface area contributed by atoms with E-state index in [4.69, 9.17) is 14.7 Å². The predicted octanol–water partition coefficient (Wildman–Crippen LogP) is 4.62. The predicted molar refractivity (Wildman–Crippen MR) is 108 cm³/mol. The zero-order valence-corrected chi connectivity index (χ0v) is 17.1. The first kappa shape index (κ1) is 17.5. The summed E-state index contributed by atoms with van der Waals surface area (Å²) in [5.74, 6) is 1.68. The highest BCUT2D eigenvalue weighted by molar-refractivity contribution is 9.10. The molecule has 1 saturated heterocycles. The second kappa shape index (κ2) is 6.67. The van der Waals surface area contributed by atoms with Crippen molar-refractivity contribution in [1.82, 2.24) is 14.5 Å². The van der Waals surface area contributed by atoms with E-state index in [9.17, 15) is 0 Å². The van der Waals surface area contributed by atoms with Crippen LogP contribution in [0.2, 0.25) is 0 Å². The Bertz CT molecular complexity index is 966. The van der Waals surface area contributed by atoms with E-state index in [0.29, 0.717) is 6.04 Å². The van der Waals surface area contributed by atoms with Gasteiger partial charge in [-0.15, -0.1) is 0 Å². The second-order valence-corrected chi connectivity index (χ2v) is 8.01. The van der Waals surface area contributed by atoms with Crippen LogP contribution in [0.3, 0.4) is 0 Å². The maximum absolute atomic E-state index is 5.50. The van der Waals surface area contributed by atoms with Crippen molar-refractivity contribution in [1.29, 1.82) is 0 Å². The molecule has 1 aromatic carbocycles. The number of rotatable bonds is 3. The third kappa shape index (κ3) is 3.01. The molecule has 0 amide bonds. The maximum atomic E-state index is 5.50. The summed E-state index contributed by atoms with van der Waals surface area (Å²) in [5, 5.41) is 4.66. The number of aromatic nitrogens is 3. The smallest absolute Gasteiger partial charge is 0.150 e. The Labute approximate surface area is 161 Å². The Hall–Kier alpha value is -1.92. The van der Waals surface area contributed by atoms with E-state index >= 15 is 0 Å². The monoisotopic (exact) mass is 414 g/mol. The summed E-state index contributed by atoms with van der Waals surface area (Å²) < 4.78 is 8.80. The van der Waals surface area contributed by atoms with Crippen molar-refractivity contribution in [2.45, 2.75) is 40.2 Å². The average molecular weight is 415 g/mol. The van der Waals surface area contributed by atoms with Crippen molar-refractivity contribution in [3.05, 3.63) is 45.3 Å². The van der Waals surface area contributed by atoms with Gasteiger partial charge in [-0.25, -0.2) is 9.97 Å². The molecular weight excluding hydrogens is 392 g/mol. The Balaban J connectivity index is 1.92. The fourth-order valence-electron chi connectivity index (χ4n) is 3.81. The SMILES string of the molecule is Cc1nc(NC2CCOC2)c2c(C)cn(-c3c(C)cc(Br)cc3C)c2n1. The molecule has 26 heavy (non-hydrogen) atoms. The van der Waals surface area contributed by atoms with Gasteiger partial charge >= 0.3 is 0 Å². The van der Waals surface area contributed by atoms with E-state index in [1.807, 2.05) is 6.92 Å². The summed E-state index contributed by atoms with van der Waals surface area (Å²) >= 11 is 3.59. The molecule has 0 spiro atoms. The topological polar surface area (TPSA) is 52.0 Å². The molecule has 0 bridgehead atoms. The molecule has 5 nitrogen and oxygen atoms in total. The van der Waals surface area contributed by atoms with Crippen LogP contribution in [0.1, 0.15) is 28.9 Å². The van der Waals surface area contributed by atoms with Crippen LogP contribution in [0.15, 0.2) is 22.8 Å². The molecule has 136 valence electrons. The van der Waals surface area contributed by atoms with Crippen molar-refractivity contribution >= 4 is 32.8 Å². The number of benzene rings is 1. The zero-order chi connectivity index (χ0) is 18.4. The standard InChI is InChI=1S/C20H23BrN4O/c1-11-7-15(21)8-12(2)18(11)25-9-13(3)17-19(22-14(4)23-20(17)25)24-16-5-6-26-10-16/h7-9,16H,5-6,10H2,1-4H3,(H,22,23,24). The second-order valence-electron chi connectivity index (χ2n) is 7.09. The number of hydrogen-bond acceptors (Lipinski definition) is 4. The van der Waals surface area contributed by atoms with E-state index in [2.05, 4.69) is 64.9 Å². The normalized spacial score (nSPS) is 17.2. The van der Waals surface area contributed by atoms with Gasteiger partial charge in [0.2, 0.25) is 0 Å². The maximum Gasteiger partial charge on any atom is 0.150 e. The average Bonchev–Trinajstić information content (AvgIpc) is 3.15. The molecule has 0 aliphatic carbocycles. The Morgan fingerprint density at radius 2 is 1.85 bits per heavy atom. The lowest BCUT2D eigenvalue weighted by molar-refractivity contribution is 0.195. The summed E-state index contributed by atoms with van der Waals surface area (Å²) in [6, 6.07) is 4.60. The minimum absolute atomic E-state index is 0.311. The summed E-state index contributed by atoms with van der Waals surface area (Å²) in [5.41, 5.74) is 5.72. The van der Waals surface area contributed by atoms with Gasteiger partial charge in [-0.2, -0.15) is 0 Å². The number of nitrogens with zero attached hydrogens (tertiary/aromatic N) is 3. The minimum atomic E-state index is 0.311. The van der Waals surface area contributed by atoms with Gasteiger partial charge in [0.15, 0.2) is 5.65 Å². The Kier molecular flexibility index (Phi) is 4.49. The molecule has 1 unspecified atom stereocenters. The molecule has 0 radical (unpaired) electrons. The molecular formula is C20H23BrN4O. The highest BCUT2D eigenvalue weighted by atomic mass is 79.9. The van der Waals surface area contributed by atoms with Gasteiger partial charge in [0.05, 0.1) is 23.7 Å². The molecule has 4 rings (SSSR count). The van der Waals surface area contributed by atoms with Crippen LogP contribution in [0.25, 0.3) is 16.7 Å². The lowest BCUT2D eigenvalue weighted by atomic mass is 10.1. The van der Waals surface area contributed by atoms with Crippen molar-refractivity contribution in [3.8, 4) is 5.69 Å². The summed E-state index contributed by atoms with van der Waals surface area (Å²) in [6.45, 7) is 9.88. The van der Waals surface area contributed by atoms with Gasteiger partial charge in [0, 0.05) is 17.3 Å². The lowest BCUT2D eigenvalue weighted by Crippen LogP contribution is -2.20. The number of fused-ring (bicyclic) bond motifs is 1. The number of ether oxygens (including phenoxy) is 1. The van der Waals surface area contributed by atoms with Crippen molar-refractivity contribution < 1.29 is 4.74 Å². The third-order valence-electron chi connectivity index (χ3n) is 4.91. The molecule has 1 fully saturated rings. The van der Waals surface area contributed by atoms with E-state index < -0.39 is 0 Å². The largest absolute Gasteiger partial charge is 0.379 e. The van der Waals surface area contributed by atoms with Crippen molar-refractivity contribution in [2.75, 3.05) is 18.5 Å². The lowest BCUT2D eigenvalue weighted by Gasteiger charge is -2.15. The van der Waals surface area contributed by atoms with Gasteiger partial charge in [-0.05, 0) is 62.9 Å². The quantitative estimate of drug-likeness (QED) is 0.679.